The second kappa shape index (κ2) is 6.62. The largest absolute Gasteiger partial charge is 0.0845 e. The van der Waals surface area contributed by atoms with Crippen molar-refractivity contribution in [3.63, 3.8) is 0 Å². The van der Waals surface area contributed by atoms with Crippen LogP contribution >= 0.6 is 0 Å². The van der Waals surface area contributed by atoms with Crippen molar-refractivity contribution in [3.8, 4) is 0 Å². The average molecular weight is 451 g/mol. The van der Waals surface area contributed by atoms with Gasteiger partial charge in [-0.15, -0.1) is 0 Å². The van der Waals surface area contributed by atoms with Gasteiger partial charge in [0.15, 0.2) is 0 Å². The topological polar surface area (TPSA) is 0 Å². The molecule has 0 radical (unpaired) electrons. The van der Waals surface area contributed by atoms with Gasteiger partial charge in [-0.25, -0.2) is 0 Å². The molecule has 33 heavy (non-hydrogen) atoms. The van der Waals surface area contributed by atoms with Gasteiger partial charge in [-0.05, 0) is 114 Å². The van der Waals surface area contributed by atoms with Gasteiger partial charge in [0.2, 0.25) is 0 Å². The van der Waals surface area contributed by atoms with Crippen LogP contribution in [-0.4, -0.2) is 0 Å². The Morgan fingerprint density at radius 3 is 2.03 bits per heavy atom. The van der Waals surface area contributed by atoms with Crippen LogP contribution in [0.3, 0.4) is 0 Å². The van der Waals surface area contributed by atoms with E-state index in [2.05, 4.69) is 82.2 Å². The molecule has 0 bridgehead atoms. The first-order chi connectivity index (χ1) is 15.0. The van der Waals surface area contributed by atoms with Gasteiger partial charge in [-0.1, -0.05) is 92.0 Å². The van der Waals surface area contributed by atoms with Crippen LogP contribution in [0.2, 0.25) is 0 Å². The summed E-state index contributed by atoms with van der Waals surface area (Å²) in [5.74, 6) is 1.69. The average Bonchev–Trinajstić information content (AvgIpc) is 2.70. The molecule has 0 heterocycles. The summed E-state index contributed by atoms with van der Waals surface area (Å²) in [5.41, 5.74) is 8.27. The van der Waals surface area contributed by atoms with Crippen molar-refractivity contribution in [3.05, 3.63) is 22.8 Å². The highest BCUT2D eigenvalue weighted by Crippen LogP contribution is 2.76. The molecule has 0 aromatic carbocycles. The van der Waals surface area contributed by atoms with Gasteiger partial charge in [0.1, 0.15) is 0 Å². The van der Waals surface area contributed by atoms with E-state index in [1.165, 1.54) is 57.8 Å². The molecule has 5 rings (SSSR count). The van der Waals surface area contributed by atoms with E-state index >= 15 is 0 Å². The van der Waals surface area contributed by atoms with Crippen molar-refractivity contribution < 1.29 is 0 Å². The maximum atomic E-state index is 2.76. The van der Waals surface area contributed by atoms with Gasteiger partial charge in [0.05, 0.1) is 0 Å². The fourth-order valence-corrected chi connectivity index (χ4v) is 11.0. The zero-order valence-electron chi connectivity index (χ0n) is 24.1. The molecule has 0 nitrogen and oxygen atoms in total. The van der Waals surface area contributed by atoms with E-state index in [1.54, 1.807) is 5.57 Å². The van der Waals surface area contributed by atoms with Gasteiger partial charge in [-0.3, -0.25) is 0 Å². The summed E-state index contributed by atoms with van der Waals surface area (Å²) in [6.45, 7) is 28.7. The van der Waals surface area contributed by atoms with Gasteiger partial charge < -0.3 is 0 Å². The third-order valence-electron chi connectivity index (χ3n) is 14.4. The van der Waals surface area contributed by atoms with E-state index in [0.717, 1.165) is 11.8 Å². The summed E-state index contributed by atoms with van der Waals surface area (Å²) in [6, 6.07) is 0. The van der Waals surface area contributed by atoms with Crippen LogP contribution in [0.4, 0.5) is 0 Å². The Morgan fingerprint density at radius 2 is 1.36 bits per heavy atom. The molecule has 0 spiro atoms. The van der Waals surface area contributed by atoms with Crippen molar-refractivity contribution in [1.82, 2.24) is 0 Å². The summed E-state index contributed by atoms with van der Waals surface area (Å²) in [7, 11) is 0. The highest BCUT2D eigenvalue weighted by molar-refractivity contribution is 5.42. The number of rotatable bonds is 0. The SMILES string of the molecule is CC1=CCC2(C)C(CCC3(C)C2CCC2=C4C(C)(CCC(C)(C)C4(C)C)CCC23C)C1(C)C. The molecule has 3 saturated carbocycles. The first kappa shape index (κ1) is 24.2. The van der Waals surface area contributed by atoms with E-state index in [-0.39, 0.29) is 0 Å². The van der Waals surface area contributed by atoms with Crippen molar-refractivity contribution in [2.24, 2.45) is 49.7 Å². The van der Waals surface area contributed by atoms with E-state index in [0.29, 0.717) is 37.9 Å². The van der Waals surface area contributed by atoms with Crippen LogP contribution in [0.5, 0.6) is 0 Å². The number of fused-ring (bicyclic) bond motifs is 6. The first-order valence-corrected chi connectivity index (χ1v) is 14.4. The summed E-state index contributed by atoms with van der Waals surface area (Å²) in [5, 5.41) is 0. The van der Waals surface area contributed by atoms with Gasteiger partial charge in [0.25, 0.3) is 0 Å². The molecule has 0 saturated heterocycles. The first-order valence-electron chi connectivity index (χ1n) is 14.4. The van der Waals surface area contributed by atoms with E-state index in [4.69, 9.17) is 0 Å². The lowest BCUT2D eigenvalue weighted by Gasteiger charge is -2.71. The summed E-state index contributed by atoms with van der Waals surface area (Å²) >= 11 is 0. The predicted octanol–water partition coefficient (Wildman–Crippen LogP) is 10.1. The van der Waals surface area contributed by atoms with Crippen LogP contribution in [0, 0.1) is 49.7 Å². The Hall–Kier alpha value is -0.520. The zero-order valence-corrected chi connectivity index (χ0v) is 24.1. The quantitative estimate of drug-likeness (QED) is 0.322. The summed E-state index contributed by atoms with van der Waals surface area (Å²) in [4.78, 5) is 0. The fourth-order valence-electron chi connectivity index (χ4n) is 11.0. The lowest BCUT2D eigenvalue weighted by atomic mass is 9.33. The Balaban J connectivity index is 1.66. The molecule has 0 heteroatoms. The van der Waals surface area contributed by atoms with Gasteiger partial charge in [-0.2, -0.15) is 0 Å². The normalized spacial score (nSPS) is 49.8. The Kier molecular flexibility index (Phi) is 4.85. The maximum absolute atomic E-state index is 2.76. The smallest absolute Gasteiger partial charge is 0.00564 e. The highest BCUT2D eigenvalue weighted by Gasteiger charge is 2.67. The van der Waals surface area contributed by atoms with Crippen LogP contribution in [0.15, 0.2) is 22.8 Å². The molecule has 6 unspecified atom stereocenters. The zero-order chi connectivity index (χ0) is 24.5. The van der Waals surface area contributed by atoms with E-state index < -0.39 is 0 Å². The van der Waals surface area contributed by atoms with Crippen LogP contribution in [0.25, 0.3) is 0 Å². The molecule has 5 aliphatic rings. The number of allylic oxidation sites excluding steroid dienone is 4. The highest BCUT2D eigenvalue weighted by atomic mass is 14.7. The third-order valence-corrected chi connectivity index (χ3v) is 14.4. The Morgan fingerprint density at radius 1 is 0.727 bits per heavy atom. The summed E-state index contributed by atoms with van der Waals surface area (Å²) < 4.78 is 0. The minimum Gasteiger partial charge on any atom is -0.0845 e. The van der Waals surface area contributed by atoms with Gasteiger partial charge >= 0.3 is 0 Å². The molecule has 0 aromatic rings. The van der Waals surface area contributed by atoms with Crippen molar-refractivity contribution in [2.75, 3.05) is 0 Å². The van der Waals surface area contributed by atoms with Crippen molar-refractivity contribution in [1.29, 1.82) is 0 Å². The minimum atomic E-state index is 0.300. The Bertz CT molecular complexity index is 924. The molecular formula is C33H54. The Labute approximate surface area is 206 Å². The number of hydrogen-bond donors (Lipinski definition) is 0. The van der Waals surface area contributed by atoms with Crippen molar-refractivity contribution >= 4 is 0 Å². The predicted molar refractivity (Wildman–Crippen MR) is 143 cm³/mol. The molecule has 5 aliphatic carbocycles. The van der Waals surface area contributed by atoms with E-state index in [1.807, 2.05) is 11.1 Å². The lowest BCUT2D eigenvalue weighted by Crippen LogP contribution is -2.62. The second-order valence-electron chi connectivity index (χ2n) is 16.2. The molecule has 0 amide bonds. The summed E-state index contributed by atoms with van der Waals surface area (Å²) in [6.07, 6.45) is 15.2. The molecule has 3 fully saturated rings. The molecule has 0 N–H and O–H groups in total. The fraction of sp³-hybridized carbons (Fsp3) is 0.879. The molecular weight excluding hydrogens is 396 g/mol. The molecule has 0 aliphatic heterocycles. The standard InChI is InChI=1S/C33H54/c1-22-14-16-31(9)24(28(22,4)5)15-17-33(11)25(31)13-12-23-26-29(6,7)27(2,3)18-19-30(26,8)20-21-32(23,33)10/h14,24-25H,12-13,15-21H2,1-11H3. The van der Waals surface area contributed by atoms with Gasteiger partial charge in [0, 0.05) is 0 Å². The maximum Gasteiger partial charge on any atom is -0.00564 e. The van der Waals surface area contributed by atoms with Crippen LogP contribution in [0.1, 0.15) is 134 Å². The molecule has 186 valence electrons. The minimum absolute atomic E-state index is 0.300. The van der Waals surface area contributed by atoms with Crippen molar-refractivity contribution in [2.45, 2.75) is 134 Å². The van der Waals surface area contributed by atoms with Crippen LogP contribution < -0.4 is 0 Å². The monoisotopic (exact) mass is 450 g/mol. The lowest BCUT2D eigenvalue weighted by molar-refractivity contribution is -0.163. The number of hydrogen-bond acceptors (Lipinski definition) is 0. The second-order valence-corrected chi connectivity index (χ2v) is 16.2. The molecule has 6 atom stereocenters. The molecule has 0 aromatic heterocycles. The third kappa shape index (κ3) is 2.71. The van der Waals surface area contributed by atoms with E-state index in [9.17, 15) is 0 Å². The van der Waals surface area contributed by atoms with Crippen LogP contribution in [-0.2, 0) is 0 Å².